The average molecular weight is 514 g/mol. The van der Waals surface area contributed by atoms with E-state index >= 15 is 0 Å². The monoisotopic (exact) mass is 513 g/mol. The summed E-state index contributed by atoms with van der Waals surface area (Å²) in [6, 6.07) is 10.8. The lowest BCUT2D eigenvalue weighted by molar-refractivity contribution is 0.0443. The summed E-state index contributed by atoms with van der Waals surface area (Å²) in [7, 11) is 0. The molecule has 2 unspecified atom stereocenters. The molecule has 10 nitrogen and oxygen atoms in total. The Hall–Kier alpha value is -3.94. The number of morpholine rings is 1. The first kappa shape index (κ1) is 24.4. The van der Waals surface area contributed by atoms with E-state index < -0.39 is 0 Å². The number of aromatic nitrogens is 4. The highest BCUT2D eigenvalue weighted by atomic mass is 16.5. The quantitative estimate of drug-likeness (QED) is 0.491. The van der Waals surface area contributed by atoms with E-state index in [4.69, 9.17) is 20.2 Å². The molecular formula is C28H31N7O3. The van der Waals surface area contributed by atoms with Gasteiger partial charge < -0.3 is 25.2 Å². The third-order valence-corrected chi connectivity index (χ3v) is 7.54. The van der Waals surface area contributed by atoms with Crippen LogP contribution >= 0.6 is 0 Å². The van der Waals surface area contributed by atoms with Crippen molar-refractivity contribution in [1.29, 1.82) is 0 Å². The van der Waals surface area contributed by atoms with Gasteiger partial charge in [0.15, 0.2) is 11.6 Å². The molecule has 3 aliphatic rings. The van der Waals surface area contributed by atoms with Gasteiger partial charge in [-0.15, -0.1) is 10.2 Å². The van der Waals surface area contributed by atoms with E-state index in [1.54, 1.807) is 30.5 Å². The van der Waals surface area contributed by atoms with Crippen LogP contribution in [0.2, 0.25) is 0 Å². The molecule has 3 fully saturated rings. The van der Waals surface area contributed by atoms with Gasteiger partial charge in [0.1, 0.15) is 17.3 Å². The maximum absolute atomic E-state index is 10.2. The van der Waals surface area contributed by atoms with Crippen LogP contribution in [0.1, 0.15) is 18.7 Å². The molecule has 1 saturated carbocycles. The van der Waals surface area contributed by atoms with Crippen molar-refractivity contribution in [3.05, 3.63) is 48.4 Å². The van der Waals surface area contributed by atoms with Gasteiger partial charge in [-0.1, -0.05) is 18.1 Å². The smallest absolute Gasteiger partial charge is 0.206 e. The van der Waals surface area contributed by atoms with Crippen LogP contribution in [0, 0.1) is 23.7 Å². The van der Waals surface area contributed by atoms with Crippen LogP contribution in [0.3, 0.4) is 0 Å². The number of ether oxygens (including phenoxy) is 2. The molecule has 0 radical (unpaired) electrons. The van der Waals surface area contributed by atoms with Crippen molar-refractivity contribution in [2.75, 3.05) is 56.6 Å². The fourth-order valence-electron chi connectivity index (χ4n) is 5.58. The van der Waals surface area contributed by atoms with Crippen molar-refractivity contribution in [2.24, 2.45) is 11.8 Å². The molecule has 1 aromatic carbocycles. The van der Waals surface area contributed by atoms with Gasteiger partial charge in [0.25, 0.3) is 0 Å². The van der Waals surface area contributed by atoms with E-state index in [-0.39, 0.29) is 17.7 Å². The van der Waals surface area contributed by atoms with Gasteiger partial charge in [-0.2, -0.15) is 0 Å². The summed E-state index contributed by atoms with van der Waals surface area (Å²) >= 11 is 0. The number of nitrogens with two attached hydrogens (primary N) is 1. The number of rotatable bonds is 5. The molecule has 3 N–H and O–H groups in total. The number of aromatic hydroxyl groups is 1. The van der Waals surface area contributed by atoms with Crippen molar-refractivity contribution < 1.29 is 14.6 Å². The normalized spacial score (nSPS) is 23.1. The molecule has 10 heteroatoms. The number of phenols is 1. The van der Waals surface area contributed by atoms with Crippen molar-refractivity contribution in [2.45, 2.75) is 18.9 Å². The molecule has 3 aromatic rings. The second-order valence-corrected chi connectivity index (χ2v) is 10.1. The number of phenolic OH excluding ortho intramolecular Hbond substituents is 1. The van der Waals surface area contributed by atoms with E-state index in [1.807, 2.05) is 12.1 Å². The summed E-state index contributed by atoms with van der Waals surface area (Å²) in [5.41, 5.74) is 7.21. The molecule has 2 saturated heterocycles. The molecule has 0 bridgehead atoms. The minimum Gasteiger partial charge on any atom is -0.507 e. The van der Waals surface area contributed by atoms with Crippen LogP contribution in [0.25, 0.3) is 11.3 Å². The lowest BCUT2D eigenvalue weighted by Gasteiger charge is -2.24. The first-order chi connectivity index (χ1) is 18.6. The Labute approximate surface area is 221 Å². The zero-order valence-electron chi connectivity index (χ0n) is 21.2. The first-order valence-corrected chi connectivity index (χ1v) is 13.1. The summed E-state index contributed by atoms with van der Waals surface area (Å²) in [6.07, 6.45) is 3.73. The summed E-state index contributed by atoms with van der Waals surface area (Å²) in [4.78, 5) is 13.7. The van der Waals surface area contributed by atoms with Crippen LogP contribution in [-0.2, 0) is 4.74 Å². The number of anilines is 2. The van der Waals surface area contributed by atoms with E-state index in [9.17, 15) is 5.11 Å². The number of hydrogen-bond donors (Lipinski definition) is 2. The third kappa shape index (κ3) is 5.35. The zero-order chi connectivity index (χ0) is 25.9. The summed E-state index contributed by atoms with van der Waals surface area (Å²) in [5.74, 6) is 9.76. The molecular weight excluding hydrogens is 482 g/mol. The minimum atomic E-state index is 0.0582. The number of para-hydroxylation sites is 1. The topological polar surface area (TPSA) is 123 Å². The number of nitrogen functional groups attached to an aromatic ring is 1. The predicted octanol–water partition coefficient (Wildman–Crippen LogP) is 2.20. The average Bonchev–Trinajstić information content (AvgIpc) is 3.50. The van der Waals surface area contributed by atoms with Gasteiger partial charge in [-0.3, -0.25) is 4.90 Å². The number of nitrogens with zero attached hydrogens (tertiary/aromatic N) is 6. The molecule has 0 amide bonds. The van der Waals surface area contributed by atoms with Crippen LogP contribution in [0.15, 0.2) is 42.6 Å². The van der Waals surface area contributed by atoms with Crippen LogP contribution in [0.4, 0.5) is 11.6 Å². The Kier molecular flexibility index (Phi) is 6.94. The van der Waals surface area contributed by atoms with E-state index in [0.717, 1.165) is 58.1 Å². The first-order valence-electron chi connectivity index (χ1n) is 13.1. The number of fused-ring (bicyclic) bond motifs is 1. The van der Waals surface area contributed by atoms with E-state index in [1.165, 1.54) is 0 Å². The van der Waals surface area contributed by atoms with Crippen molar-refractivity contribution in [1.82, 2.24) is 25.1 Å². The standard InChI is InChI=1S/C28H31N7O3/c29-28-25(16-23(32-33-28)22-4-1-2-5-24(22)36)38-21-14-19-17-35(18-20(19)15-21)27-7-8-30-26(31-27)6-3-9-34-10-12-37-13-11-34/h1-2,4-5,7-8,16,19-21,36H,9-15,17-18H2,(H2,29,33). The maximum atomic E-state index is 10.2. The molecule has 6 rings (SSSR count). The maximum Gasteiger partial charge on any atom is 0.206 e. The predicted molar refractivity (Wildman–Crippen MR) is 143 cm³/mol. The Bertz CT molecular complexity index is 1340. The fourth-order valence-corrected chi connectivity index (χ4v) is 5.58. The van der Waals surface area contributed by atoms with Gasteiger partial charge in [-0.25, -0.2) is 9.97 Å². The summed E-state index contributed by atoms with van der Waals surface area (Å²) < 4.78 is 11.7. The van der Waals surface area contributed by atoms with Gasteiger partial charge in [0.2, 0.25) is 5.82 Å². The Morgan fingerprint density at radius 2 is 1.87 bits per heavy atom. The highest BCUT2D eigenvalue weighted by Crippen LogP contribution is 2.42. The van der Waals surface area contributed by atoms with Gasteiger partial charge in [-0.05, 0) is 48.8 Å². The minimum absolute atomic E-state index is 0.0582. The molecule has 38 heavy (non-hydrogen) atoms. The molecule has 2 atom stereocenters. The lowest BCUT2D eigenvalue weighted by Crippen LogP contribution is -2.36. The highest BCUT2D eigenvalue weighted by molar-refractivity contribution is 5.68. The molecule has 4 heterocycles. The summed E-state index contributed by atoms with van der Waals surface area (Å²) in [6.45, 7) is 5.92. The van der Waals surface area contributed by atoms with Gasteiger partial charge in [0, 0.05) is 44.0 Å². The molecule has 1 aliphatic carbocycles. The molecule has 0 spiro atoms. The zero-order valence-corrected chi connectivity index (χ0v) is 21.2. The van der Waals surface area contributed by atoms with Crippen molar-refractivity contribution in [3.63, 3.8) is 0 Å². The second kappa shape index (κ2) is 10.8. The summed E-state index contributed by atoms with van der Waals surface area (Å²) in [5, 5.41) is 18.4. The molecule has 196 valence electrons. The largest absolute Gasteiger partial charge is 0.507 e. The Morgan fingerprint density at radius 3 is 2.66 bits per heavy atom. The Balaban J connectivity index is 1.06. The van der Waals surface area contributed by atoms with Gasteiger partial charge >= 0.3 is 0 Å². The van der Waals surface area contributed by atoms with Crippen molar-refractivity contribution in [3.8, 4) is 34.6 Å². The number of benzene rings is 1. The van der Waals surface area contributed by atoms with Crippen LogP contribution in [0.5, 0.6) is 11.5 Å². The van der Waals surface area contributed by atoms with E-state index in [0.29, 0.717) is 41.2 Å². The second-order valence-electron chi connectivity index (χ2n) is 10.1. The fraction of sp³-hybridized carbons (Fsp3) is 0.429. The molecule has 2 aromatic heterocycles. The Morgan fingerprint density at radius 1 is 1.08 bits per heavy atom. The van der Waals surface area contributed by atoms with Crippen molar-refractivity contribution >= 4 is 11.6 Å². The SMILES string of the molecule is Nc1nnc(-c2ccccc2O)cc1OC1CC2CN(c3ccnc(C#CCN4CCOCC4)n3)CC2C1. The van der Waals surface area contributed by atoms with Gasteiger partial charge in [0.05, 0.1) is 25.9 Å². The highest BCUT2D eigenvalue weighted by Gasteiger charge is 2.42. The van der Waals surface area contributed by atoms with Crippen LogP contribution < -0.4 is 15.4 Å². The van der Waals surface area contributed by atoms with Crippen LogP contribution in [-0.4, -0.2) is 82.2 Å². The molecule has 2 aliphatic heterocycles. The van der Waals surface area contributed by atoms with E-state index in [2.05, 4.69) is 36.8 Å². The number of hydrogen-bond acceptors (Lipinski definition) is 10. The lowest BCUT2D eigenvalue weighted by atomic mass is 10.0. The third-order valence-electron chi connectivity index (χ3n) is 7.54.